The lowest BCUT2D eigenvalue weighted by atomic mass is 9.80. The van der Waals surface area contributed by atoms with E-state index in [4.69, 9.17) is 4.98 Å². The summed E-state index contributed by atoms with van der Waals surface area (Å²) in [7, 11) is 2.02. The summed E-state index contributed by atoms with van der Waals surface area (Å²) in [6.07, 6.45) is -0.911. The zero-order valence-corrected chi connectivity index (χ0v) is 22.0. The van der Waals surface area contributed by atoms with Gasteiger partial charge in [-0.3, -0.25) is 4.90 Å². The average Bonchev–Trinajstić information content (AvgIpc) is 3.14. The summed E-state index contributed by atoms with van der Waals surface area (Å²) in [6, 6.07) is 7.28. The molecule has 7 nitrogen and oxygen atoms in total. The Balaban J connectivity index is 1.83. The summed E-state index contributed by atoms with van der Waals surface area (Å²) in [6.45, 7) is 9.58. The summed E-state index contributed by atoms with van der Waals surface area (Å²) < 4.78 is 41.4. The number of anilines is 1. The molecule has 0 bridgehead atoms. The number of benzene rings is 1. The Morgan fingerprint density at radius 1 is 1.11 bits per heavy atom. The molecule has 3 aromatic rings. The normalized spacial score (nSPS) is 16.1. The summed E-state index contributed by atoms with van der Waals surface area (Å²) in [5, 5.41) is 13.1. The first-order valence-electron chi connectivity index (χ1n) is 12.8. The molecule has 1 aliphatic carbocycles. The highest BCUT2D eigenvalue weighted by molar-refractivity contribution is 5.84. The first kappa shape index (κ1) is 26.9. The highest BCUT2D eigenvalue weighted by Crippen LogP contribution is 2.34. The molecule has 1 aliphatic rings. The minimum Gasteiger partial charge on any atom is -0.365 e. The molecule has 37 heavy (non-hydrogen) atoms. The van der Waals surface area contributed by atoms with Crippen molar-refractivity contribution in [1.82, 2.24) is 24.4 Å². The third-order valence-corrected chi connectivity index (χ3v) is 7.26. The number of nitrogens with one attached hydrogen (secondary N) is 1. The van der Waals surface area contributed by atoms with Crippen LogP contribution in [0.15, 0.2) is 24.3 Å². The van der Waals surface area contributed by atoms with E-state index in [2.05, 4.69) is 47.9 Å². The first-order chi connectivity index (χ1) is 17.5. The van der Waals surface area contributed by atoms with Crippen LogP contribution in [0.4, 0.5) is 19.0 Å². The van der Waals surface area contributed by atoms with Crippen LogP contribution in [0.2, 0.25) is 0 Å². The molecule has 1 N–H and O–H groups in total. The second-order valence-corrected chi connectivity index (χ2v) is 10.6. The van der Waals surface area contributed by atoms with E-state index >= 15 is 0 Å². The van der Waals surface area contributed by atoms with Crippen molar-refractivity contribution in [2.45, 2.75) is 71.8 Å². The molecule has 0 spiro atoms. The summed E-state index contributed by atoms with van der Waals surface area (Å²) in [5.41, 5.74) is 1.08. The summed E-state index contributed by atoms with van der Waals surface area (Å²) in [5.74, 6) is 2.25. The Morgan fingerprint density at radius 2 is 1.78 bits per heavy atom. The molecule has 1 aromatic carbocycles. The highest BCUT2D eigenvalue weighted by Gasteiger charge is 2.31. The molecule has 0 aliphatic heterocycles. The second kappa shape index (κ2) is 10.7. The van der Waals surface area contributed by atoms with E-state index < -0.39 is 11.7 Å². The van der Waals surface area contributed by atoms with Crippen molar-refractivity contribution >= 4 is 17.0 Å². The molecule has 1 unspecified atom stereocenters. The predicted octanol–water partition coefficient (Wildman–Crippen LogP) is 6.01. The topological polar surface area (TPSA) is 82.7 Å². The predicted molar refractivity (Wildman–Crippen MR) is 137 cm³/mol. The van der Waals surface area contributed by atoms with E-state index in [9.17, 15) is 18.4 Å². The lowest BCUT2D eigenvalue weighted by Crippen LogP contribution is -2.31. The van der Waals surface area contributed by atoms with Crippen molar-refractivity contribution in [1.29, 1.82) is 5.26 Å². The van der Waals surface area contributed by atoms with Crippen molar-refractivity contribution in [2.24, 2.45) is 11.8 Å². The molecule has 1 fully saturated rings. The largest absolute Gasteiger partial charge is 0.416 e. The van der Waals surface area contributed by atoms with Gasteiger partial charge in [0.1, 0.15) is 17.4 Å². The SMILES string of the molecule is CC(C)CN(C)C(C)c1nc2nc(C#N)nc(N[C@H](C)C3CCC3)c2n1Cc1ccc(C(F)(F)F)cc1. The summed E-state index contributed by atoms with van der Waals surface area (Å²) in [4.78, 5) is 16.0. The molecule has 0 radical (unpaired) electrons. The number of alkyl halides is 3. The average molecular weight is 514 g/mol. The van der Waals surface area contributed by atoms with Crippen molar-refractivity contribution in [2.75, 3.05) is 18.9 Å². The van der Waals surface area contributed by atoms with Crippen LogP contribution in [0.1, 0.15) is 75.8 Å². The Kier molecular flexibility index (Phi) is 7.74. The monoisotopic (exact) mass is 513 g/mol. The maximum Gasteiger partial charge on any atom is 0.416 e. The third-order valence-electron chi connectivity index (χ3n) is 7.26. The molecule has 2 aromatic heterocycles. The fraction of sp³-hybridized carbons (Fsp3) is 0.556. The molecule has 0 amide bonds. The van der Waals surface area contributed by atoms with Gasteiger partial charge in [0.15, 0.2) is 11.5 Å². The summed E-state index contributed by atoms with van der Waals surface area (Å²) >= 11 is 0. The molecule has 2 atom stereocenters. The van der Waals surface area contributed by atoms with Crippen LogP contribution in [-0.4, -0.2) is 44.1 Å². The quantitative estimate of drug-likeness (QED) is 0.377. The fourth-order valence-electron chi connectivity index (χ4n) is 4.87. The minimum atomic E-state index is -4.39. The molecular weight excluding hydrogens is 479 g/mol. The van der Waals surface area contributed by atoms with E-state index in [0.29, 0.717) is 40.9 Å². The van der Waals surface area contributed by atoms with Gasteiger partial charge in [-0.15, -0.1) is 0 Å². The van der Waals surface area contributed by atoms with Crippen LogP contribution in [-0.2, 0) is 12.7 Å². The van der Waals surface area contributed by atoms with Gasteiger partial charge in [-0.05, 0) is 63.3 Å². The molecule has 4 rings (SSSR count). The van der Waals surface area contributed by atoms with E-state index in [-0.39, 0.29) is 17.9 Å². The minimum absolute atomic E-state index is 0.0322. The highest BCUT2D eigenvalue weighted by atomic mass is 19.4. The van der Waals surface area contributed by atoms with Crippen LogP contribution in [0.3, 0.4) is 0 Å². The van der Waals surface area contributed by atoms with Crippen molar-refractivity contribution in [3.05, 3.63) is 47.0 Å². The maximum atomic E-state index is 13.1. The zero-order chi connectivity index (χ0) is 26.9. The molecular formula is C27H34F3N7. The van der Waals surface area contributed by atoms with Gasteiger partial charge >= 0.3 is 6.18 Å². The molecule has 1 saturated carbocycles. The van der Waals surface area contributed by atoms with Gasteiger partial charge in [0.25, 0.3) is 0 Å². The molecule has 0 saturated heterocycles. The van der Waals surface area contributed by atoms with Crippen LogP contribution in [0.5, 0.6) is 0 Å². The van der Waals surface area contributed by atoms with Crippen molar-refractivity contribution in [3.8, 4) is 6.07 Å². The molecule has 198 valence electrons. The van der Waals surface area contributed by atoms with Gasteiger partial charge in [-0.2, -0.15) is 28.4 Å². The number of nitriles is 1. The number of rotatable bonds is 9. The molecule has 2 heterocycles. The van der Waals surface area contributed by atoms with Crippen LogP contribution in [0.25, 0.3) is 11.2 Å². The number of hydrogen-bond donors (Lipinski definition) is 1. The number of imidazole rings is 1. The standard InChI is InChI=1S/C27H34F3N7/c1-16(2)14-36(5)18(4)26-35-25-23(37(26)15-19-9-11-21(12-10-19)27(28,29)30)24(33-22(13-31)34-25)32-17(3)20-7-6-8-20/h9-12,16-18,20H,6-8,14-15H2,1-5H3,(H,32,33,34)/t17-,18?/m1/s1. The van der Waals surface area contributed by atoms with Gasteiger partial charge in [0.05, 0.1) is 11.6 Å². The lowest BCUT2D eigenvalue weighted by molar-refractivity contribution is -0.137. The second-order valence-electron chi connectivity index (χ2n) is 10.6. The Bertz CT molecular complexity index is 1270. The van der Waals surface area contributed by atoms with E-state index in [0.717, 1.165) is 37.3 Å². The third kappa shape index (κ3) is 5.87. The molecule has 10 heteroatoms. The van der Waals surface area contributed by atoms with Gasteiger partial charge in [0, 0.05) is 19.1 Å². The van der Waals surface area contributed by atoms with Crippen LogP contribution < -0.4 is 5.32 Å². The smallest absolute Gasteiger partial charge is 0.365 e. The first-order valence-corrected chi connectivity index (χ1v) is 12.8. The van der Waals surface area contributed by atoms with E-state index in [1.165, 1.54) is 18.6 Å². The number of halogens is 3. The van der Waals surface area contributed by atoms with Crippen LogP contribution >= 0.6 is 0 Å². The van der Waals surface area contributed by atoms with Gasteiger partial charge < -0.3 is 9.88 Å². The Hall–Kier alpha value is -3.19. The van der Waals surface area contributed by atoms with Gasteiger partial charge in [-0.25, -0.2) is 4.98 Å². The van der Waals surface area contributed by atoms with E-state index in [1.54, 1.807) is 0 Å². The Labute approximate surface area is 215 Å². The lowest BCUT2D eigenvalue weighted by Gasteiger charge is -2.32. The Morgan fingerprint density at radius 3 is 2.32 bits per heavy atom. The fourth-order valence-corrected chi connectivity index (χ4v) is 4.87. The number of hydrogen-bond acceptors (Lipinski definition) is 6. The van der Waals surface area contributed by atoms with Gasteiger partial charge in [-0.1, -0.05) is 32.4 Å². The number of fused-ring (bicyclic) bond motifs is 1. The zero-order valence-electron chi connectivity index (χ0n) is 22.0. The van der Waals surface area contributed by atoms with E-state index in [1.807, 2.05) is 17.7 Å². The maximum absolute atomic E-state index is 13.1. The van der Waals surface area contributed by atoms with Gasteiger partial charge in [0.2, 0.25) is 5.82 Å². The van der Waals surface area contributed by atoms with Crippen molar-refractivity contribution in [3.63, 3.8) is 0 Å². The number of nitrogens with zero attached hydrogens (tertiary/aromatic N) is 6. The number of aromatic nitrogens is 4. The van der Waals surface area contributed by atoms with Crippen molar-refractivity contribution < 1.29 is 13.2 Å². The van der Waals surface area contributed by atoms with Crippen LogP contribution in [0, 0.1) is 23.2 Å².